The number of hydrogen-bond donors (Lipinski definition) is 2. The van der Waals surface area contributed by atoms with Crippen molar-refractivity contribution in [2.75, 3.05) is 0 Å². The maximum absolute atomic E-state index is 9.72. The molecule has 0 amide bonds. The first-order valence-electron chi connectivity index (χ1n) is 1.26. The van der Waals surface area contributed by atoms with E-state index in [4.69, 9.17) is 0 Å². The molecule has 0 rings (SSSR count). The van der Waals surface area contributed by atoms with Gasteiger partial charge >= 0.3 is 59.1 Å². The van der Waals surface area contributed by atoms with E-state index in [1.165, 1.54) is 0 Å². The summed E-state index contributed by atoms with van der Waals surface area (Å²) in [5.41, 5.74) is 0. The van der Waals surface area contributed by atoms with E-state index in [1.54, 1.807) is 0 Å². The molecule has 0 aliphatic heterocycles. The minimum atomic E-state index is -2.43. The van der Waals surface area contributed by atoms with Gasteiger partial charge in [-0.2, -0.15) is 0 Å². The zero-order chi connectivity index (χ0) is 6.57. The third kappa shape index (κ3) is 6.94. The molecule has 0 heterocycles. The van der Waals surface area contributed by atoms with Crippen molar-refractivity contribution >= 4 is 42.3 Å². The molecule has 0 atom stereocenters. The quantitative estimate of drug-likeness (QED) is 0.440. The van der Waals surface area contributed by atoms with Crippen LogP contribution in [0.25, 0.3) is 0 Å². The van der Waals surface area contributed by atoms with Crippen molar-refractivity contribution in [2.45, 2.75) is 0 Å². The van der Waals surface area contributed by atoms with Gasteiger partial charge in [0.2, 0.25) is 0 Å². The third-order valence-corrected chi connectivity index (χ3v) is 18.0. The molecule has 50 valence electrons. The van der Waals surface area contributed by atoms with Crippen molar-refractivity contribution in [1.82, 2.24) is 0 Å². The average Bonchev–Trinajstić information content (AvgIpc) is 1.61. The summed E-state index contributed by atoms with van der Waals surface area (Å²) in [7, 11) is -4.85. The standard InChI is InChI=1S/H2O4S2Se2/c1-5(2)7-8-6(3)4/h5-6H. The van der Waals surface area contributed by atoms with Crippen molar-refractivity contribution in [3.63, 3.8) is 0 Å². The second kappa shape index (κ2) is 4.78. The Bertz CT molecular complexity index is 150. The van der Waals surface area contributed by atoms with Gasteiger partial charge in [-0.1, -0.05) is 0 Å². The summed E-state index contributed by atoms with van der Waals surface area (Å²) in [6, 6.07) is 0. The van der Waals surface area contributed by atoms with Gasteiger partial charge in [-0.05, 0) is 0 Å². The summed E-state index contributed by atoms with van der Waals surface area (Å²) in [5, 5.41) is 0. The average molecular weight is 288 g/mol. The summed E-state index contributed by atoms with van der Waals surface area (Å²) in [5.74, 6) is 0. The molecular weight excluding hydrogens is 286 g/mol. The Labute approximate surface area is 58.9 Å². The van der Waals surface area contributed by atoms with E-state index in [1.807, 2.05) is 0 Å². The normalized spacial score (nSPS) is 10.8. The minimum absolute atomic E-state index is 0.683. The van der Waals surface area contributed by atoms with Crippen LogP contribution in [0.15, 0.2) is 0 Å². The molecule has 0 aromatic rings. The topological polar surface area (TPSA) is 68.3 Å². The summed E-state index contributed by atoms with van der Waals surface area (Å²) < 4.78 is 38.9. The van der Waals surface area contributed by atoms with E-state index in [-0.39, 0.29) is 0 Å². The Balaban J connectivity index is 3.48. The summed E-state index contributed by atoms with van der Waals surface area (Å²) >= 11 is -1.37. The van der Waals surface area contributed by atoms with Gasteiger partial charge in [0.15, 0.2) is 0 Å². The van der Waals surface area contributed by atoms with Crippen LogP contribution in [-0.4, -0.2) is 40.9 Å². The van der Waals surface area contributed by atoms with Gasteiger partial charge in [0, 0.05) is 0 Å². The molecule has 0 N–H and O–H groups in total. The fourth-order valence-corrected chi connectivity index (χ4v) is 13.2. The first kappa shape index (κ1) is 8.94. The molecule has 0 unspecified atom stereocenters. The Morgan fingerprint density at radius 1 is 0.750 bits per heavy atom. The molecule has 0 saturated heterocycles. The molecule has 0 fully saturated rings. The second-order valence-corrected chi connectivity index (χ2v) is 17.2. The molecule has 0 bridgehead atoms. The monoisotopic (exact) mass is 290 g/mol. The Hall–Kier alpha value is 0.939. The van der Waals surface area contributed by atoms with Gasteiger partial charge in [0.25, 0.3) is 0 Å². The molecule has 0 aromatic heterocycles. The fraction of sp³-hybridized carbons (Fsp3) is 0. The Morgan fingerprint density at radius 2 is 1.00 bits per heavy atom. The SMILES string of the molecule is O=[SH](=O)[Se][Se][SH](=O)=O. The fourth-order valence-electron chi connectivity index (χ4n) is 0.0544. The molecule has 0 aromatic carbocycles. The second-order valence-electron chi connectivity index (χ2n) is 0.596. The molecule has 0 spiro atoms. The molecule has 8 heteroatoms. The summed E-state index contributed by atoms with van der Waals surface area (Å²) in [4.78, 5) is 0. The first-order chi connectivity index (χ1) is 3.63. The molecule has 4 nitrogen and oxygen atoms in total. The van der Waals surface area contributed by atoms with Gasteiger partial charge in [-0.15, -0.1) is 0 Å². The van der Waals surface area contributed by atoms with Crippen LogP contribution < -0.4 is 0 Å². The zero-order valence-electron chi connectivity index (χ0n) is 3.34. The zero-order valence-corrected chi connectivity index (χ0v) is 8.56. The van der Waals surface area contributed by atoms with Crippen molar-refractivity contribution in [2.24, 2.45) is 0 Å². The van der Waals surface area contributed by atoms with E-state index in [9.17, 15) is 16.8 Å². The molecule has 0 saturated carbocycles. The van der Waals surface area contributed by atoms with Gasteiger partial charge in [0.05, 0.1) is 0 Å². The van der Waals surface area contributed by atoms with Gasteiger partial charge in [-0.3, -0.25) is 0 Å². The predicted molar refractivity (Wildman–Crippen MR) is 32.1 cm³/mol. The number of hydrogen-bond acceptors (Lipinski definition) is 4. The van der Waals surface area contributed by atoms with E-state index in [2.05, 4.69) is 0 Å². The molecule has 8 heavy (non-hydrogen) atoms. The van der Waals surface area contributed by atoms with Crippen molar-refractivity contribution in [1.29, 1.82) is 0 Å². The van der Waals surface area contributed by atoms with Crippen molar-refractivity contribution in [3.8, 4) is 0 Å². The Morgan fingerprint density at radius 3 is 1.12 bits per heavy atom. The van der Waals surface area contributed by atoms with Crippen molar-refractivity contribution in [3.05, 3.63) is 0 Å². The number of thiol groups is 2. The van der Waals surface area contributed by atoms with Crippen LogP contribution in [0.3, 0.4) is 0 Å². The molecule has 0 radical (unpaired) electrons. The molecular formula is H2O4S2Se2. The van der Waals surface area contributed by atoms with E-state index in [0.717, 1.165) is 0 Å². The van der Waals surface area contributed by atoms with E-state index >= 15 is 0 Å². The van der Waals surface area contributed by atoms with Crippen LogP contribution in [0.2, 0.25) is 0 Å². The first-order valence-corrected chi connectivity index (χ1v) is 12.4. The molecule has 0 aliphatic rings. The maximum atomic E-state index is 9.72. The van der Waals surface area contributed by atoms with E-state index < -0.39 is 42.3 Å². The van der Waals surface area contributed by atoms with Crippen LogP contribution in [-0.2, 0) is 18.2 Å². The van der Waals surface area contributed by atoms with Crippen LogP contribution >= 0.6 is 0 Å². The van der Waals surface area contributed by atoms with Crippen LogP contribution in [0.5, 0.6) is 0 Å². The van der Waals surface area contributed by atoms with Crippen LogP contribution in [0.1, 0.15) is 0 Å². The predicted octanol–water partition coefficient (Wildman–Crippen LogP) is -2.64. The van der Waals surface area contributed by atoms with Gasteiger partial charge in [-0.25, -0.2) is 0 Å². The summed E-state index contributed by atoms with van der Waals surface area (Å²) in [6.07, 6.45) is 0. The van der Waals surface area contributed by atoms with Crippen LogP contribution in [0.4, 0.5) is 0 Å². The van der Waals surface area contributed by atoms with Crippen LogP contribution in [0, 0.1) is 0 Å². The van der Waals surface area contributed by atoms with E-state index in [0.29, 0.717) is 0 Å². The Kier molecular flexibility index (Phi) is 5.35. The third-order valence-electron chi connectivity index (χ3n) is 0.155. The summed E-state index contributed by atoms with van der Waals surface area (Å²) in [6.45, 7) is 0. The van der Waals surface area contributed by atoms with Gasteiger partial charge < -0.3 is 0 Å². The van der Waals surface area contributed by atoms with Gasteiger partial charge in [0.1, 0.15) is 0 Å². The number of rotatable bonds is 3. The van der Waals surface area contributed by atoms with Crippen molar-refractivity contribution < 1.29 is 16.8 Å². The molecule has 0 aliphatic carbocycles.